The van der Waals surface area contributed by atoms with E-state index in [1.807, 2.05) is 13.8 Å². The normalized spacial score (nSPS) is 23.6. The first-order chi connectivity index (χ1) is 8.84. The van der Waals surface area contributed by atoms with E-state index >= 15 is 0 Å². The molecule has 102 valence electrons. The number of anilines is 1. The van der Waals surface area contributed by atoms with Gasteiger partial charge in [0.25, 0.3) is 5.56 Å². The average Bonchev–Trinajstić information content (AvgIpc) is 2.82. The molecule has 0 aromatic carbocycles. The standard InChI is InChI=1S/C15H20N2O2/c1-9(2)8-10-12(15(10,3)4)14(19)17-11-6-5-7-16-13(11)18/h5-8,10,12H,1-4H3,(H,16,18)(H,17,19)/t10-,12-/m1/s1. The van der Waals surface area contributed by atoms with Gasteiger partial charge in [-0.3, -0.25) is 9.59 Å². The molecule has 1 saturated carbocycles. The predicted molar refractivity (Wildman–Crippen MR) is 75.9 cm³/mol. The van der Waals surface area contributed by atoms with Gasteiger partial charge in [0, 0.05) is 6.20 Å². The summed E-state index contributed by atoms with van der Waals surface area (Å²) in [4.78, 5) is 26.3. The van der Waals surface area contributed by atoms with Crippen molar-refractivity contribution in [3.8, 4) is 0 Å². The summed E-state index contributed by atoms with van der Waals surface area (Å²) in [6.45, 7) is 8.23. The van der Waals surface area contributed by atoms with E-state index in [0.717, 1.165) is 0 Å². The molecule has 0 aliphatic heterocycles. The van der Waals surface area contributed by atoms with Crippen LogP contribution in [0, 0.1) is 17.3 Å². The Morgan fingerprint density at radius 2 is 2.11 bits per heavy atom. The van der Waals surface area contributed by atoms with Crippen LogP contribution in [0.15, 0.2) is 34.8 Å². The van der Waals surface area contributed by atoms with Crippen molar-refractivity contribution in [3.05, 3.63) is 40.3 Å². The fourth-order valence-corrected chi connectivity index (χ4v) is 2.58. The van der Waals surface area contributed by atoms with E-state index in [9.17, 15) is 9.59 Å². The molecule has 1 fully saturated rings. The number of carbonyl (C=O) groups excluding carboxylic acids is 1. The van der Waals surface area contributed by atoms with Crippen LogP contribution in [0.4, 0.5) is 5.69 Å². The summed E-state index contributed by atoms with van der Waals surface area (Å²) in [6, 6.07) is 3.31. The third kappa shape index (κ3) is 2.62. The maximum absolute atomic E-state index is 12.2. The second-order valence-corrected chi connectivity index (χ2v) is 5.97. The van der Waals surface area contributed by atoms with Crippen molar-refractivity contribution in [2.45, 2.75) is 27.7 Å². The summed E-state index contributed by atoms with van der Waals surface area (Å²) in [7, 11) is 0. The van der Waals surface area contributed by atoms with E-state index in [-0.39, 0.29) is 28.7 Å². The number of hydrogen-bond donors (Lipinski definition) is 2. The van der Waals surface area contributed by atoms with Crippen molar-refractivity contribution < 1.29 is 4.79 Å². The highest BCUT2D eigenvalue weighted by atomic mass is 16.2. The Bertz CT molecular complexity index is 580. The molecular formula is C15H20N2O2. The van der Waals surface area contributed by atoms with Crippen molar-refractivity contribution in [3.63, 3.8) is 0 Å². The number of pyridine rings is 1. The van der Waals surface area contributed by atoms with Crippen molar-refractivity contribution in [1.82, 2.24) is 4.98 Å². The summed E-state index contributed by atoms with van der Waals surface area (Å²) in [6.07, 6.45) is 3.69. The number of H-pyrrole nitrogens is 1. The Balaban J connectivity index is 2.13. The predicted octanol–water partition coefficient (Wildman–Crippen LogP) is 2.55. The molecular weight excluding hydrogens is 240 g/mol. The minimum Gasteiger partial charge on any atom is -0.327 e. The Morgan fingerprint density at radius 1 is 1.42 bits per heavy atom. The van der Waals surface area contributed by atoms with Gasteiger partial charge in [-0.05, 0) is 37.3 Å². The lowest BCUT2D eigenvalue weighted by atomic mass is 10.1. The number of rotatable bonds is 3. The van der Waals surface area contributed by atoms with Crippen LogP contribution < -0.4 is 10.9 Å². The van der Waals surface area contributed by atoms with Gasteiger partial charge in [-0.1, -0.05) is 25.5 Å². The molecule has 19 heavy (non-hydrogen) atoms. The Kier molecular flexibility index (Phi) is 3.35. The van der Waals surface area contributed by atoms with Gasteiger partial charge in [0.15, 0.2) is 0 Å². The van der Waals surface area contributed by atoms with Crippen LogP contribution in [0.5, 0.6) is 0 Å². The topological polar surface area (TPSA) is 62.0 Å². The number of aromatic amines is 1. The lowest BCUT2D eigenvalue weighted by Crippen LogP contribution is -2.22. The summed E-state index contributed by atoms with van der Waals surface area (Å²) >= 11 is 0. The third-order valence-corrected chi connectivity index (χ3v) is 3.78. The van der Waals surface area contributed by atoms with E-state index in [1.54, 1.807) is 18.3 Å². The van der Waals surface area contributed by atoms with Crippen molar-refractivity contribution in [1.29, 1.82) is 0 Å². The smallest absolute Gasteiger partial charge is 0.271 e. The molecule has 0 spiro atoms. The average molecular weight is 260 g/mol. The highest BCUT2D eigenvalue weighted by Gasteiger charge is 2.60. The number of carbonyl (C=O) groups is 1. The monoisotopic (exact) mass is 260 g/mol. The first kappa shape index (κ1) is 13.6. The van der Waals surface area contributed by atoms with E-state index < -0.39 is 0 Å². The van der Waals surface area contributed by atoms with E-state index in [1.165, 1.54) is 5.57 Å². The summed E-state index contributed by atoms with van der Waals surface area (Å²) in [5.41, 5.74) is 1.22. The van der Waals surface area contributed by atoms with Crippen LogP contribution in [-0.2, 0) is 4.79 Å². The van der Waals surface area contributed by atoms with E-state index in [2.05, 4.69) is 30.2 Å². The van der Waals surface area contributed by atoms with Gasteiger partial charge in [0.05, 0.1) is 5.92 Å². The maximum atomic E-state index is 12.2. The quantitative estimate of drug-likeness (QED) is 0.820. The number of amides is 1. The molecule has 2 N–H and O–H groups in total. The van der Waals surface area contributed by atoms with E-state index in [0.29, 0.717) is 5.69 Å². The number of allylic oxidation sites excluding steroid dienone is 2. The van der Waals surface area contributed by atoms with Crippen LogP contribution in [0.2, 0.25) is 0 Å². The molecule has 1 aromatic heterocycles. The molecule has 4 nitrogen and oxygen atoms in total. The summed E-state index contributed by atoms with van der Waals surface area (Å²) in [5.74, 6) is 0.103. The molecule has 1 aliphatic rings. The first-order valence-electron chi connectivity index (χ1n) is 6.47. The molecule has 1 amide bonds. The molecule has 2 atom stereocenters. The first-order valence-corrected chi connectivity index (χ1v) is 6.47. The van der Waals surface area contributed by atoms with E-state index in [4.69, 9.17) is 0 Å². The molecule has 0 unspecified atom stereocenters. The second-order valence-electron chi connectivity index (χ2n) is 5.97. The van der Waals surface area contributed by atoms with Crippen LogP contribution in [-0.4, -0.2) is 10.9 Å². The molecule has 0 saturated heterocycles. The Labute approximate surface area is 112 Å². The minimum atomic E-state index is -0.270. The van der Waals surface area contributed by atoms with Gasteiger partial charge in [0.2, 0.25) is 5.91 Å². The zero-order valence-corrected chi connectivity index (χ0v) is 11.8. The number of aromatic nitrogens is 1. The zero-order chi connectivity index (χ0) is 14.2. The highest BCUT2D eigenvalue weighted by Crippen LogP contribution is 2.59. The van der Waals surface area contributed by atoms with Gasteiger partial charge in [-0.2, -0.15) is 0 Å². The van der Waals surface area contributed by atoms with Crippen LogP contribution in [0.3, 0.4) is 0 Å². The van der Waals surface area contributed by atoms with Crippen LogP contribution >= 0.6 is 0 Å². The highest BCUT2D eigenvalue weighted by molar-refractivity contribution is 5.95. The lowest BCUT2D eigenvalue weighted by Gasteiger charge is -2.04. The van der Waals surface area contributed by atoms with Crippen molar-refractivity contribution >= 4 is 11.6 Å². The van der Waals surface area contributed by atoms with Crippen LogP contribution in [0.1, 0.15) is 27.7 Å². The Morgan fingerprint density at radius 3 is 2.68 bits per heavy atom. The number of hydrogen-bond acceptors (Lipinski definition) is 2. The van der Waals surface area contributed by atoms with Gasteiger partial charge in [0.1, 0.15) is 5.69 Å². The zero-order valence-electron chi connectivity index (χ0n) is 11.8. The molecule has 1 aromatic rings. The molecule has 1 heterocycles. The van der Waals surface area contributed by atoms with Gasteiger partial charge >= 0.3 is 0 Å². The second kappa shape index (κ2) is 4.68. The molecule has 0 radical (unpaired) electrons. The largest absolute Gasteiger partial charge is 0.327 e. The summed E-state index contributed by atoms with van der Waals surface area (Å²) in [5, 5.41) is 2.72. The lowest BCUT2D eigenvalue weighted by molar-refractivity contribution is -0.118. The van der Waals surface area contributed by atoms with Crippen molar-refractivity contribution in [2.24, 2.45) is 17.3 Å². The fraction of sp³-hybridized carbons (Fsp3) is 0.467. The summed E-state index contributed by atoms with van der Waals surface area (Å²) < 4.78 is 0. The molecule has 2 rings (SSSR count). The van der Waals surface area contributed by atoms with Crippen LogP contribution in [0.25, 0.3) is 0 Å². The van der Waals surface area contributed by atoms with Crippen molar-refractivity contribution in [2.75, 3.05) is 5.32 Å². The van der Waals surface area contributed by atoms with Gasteiger partial charge < -0.3 is 10.3 Å². The molecule has 4 heteroatoms. The number of nitrogens with one attached hydrogen (secondary N) is 2. The SMILES string of the molecule is CC(C)=C[C@@H]1[C@H](C(=O)Nc2ccc[nH]c2=O)C1(C)C. The maximum Gasteiger partial charge on any atom is 0.271 e. The molecule has 1 aliphatic carbocycles. The minimum absolute atomic E-state index is 0.0388. The fourth-order valence-electron chi connectivity index (χ4n) is 2.58. The third-order valence-electron chi connectivity index (χ3n) is 3.78. The van der Waals surface area contributed by atoms with Gasteiger partial charge in [-0.15, -0.1) is 0 Å². The Hall–Kier alpha value is -1.84. The molecule has 0 bridgehead atoms. The van der Waals surface area contributed by atoms with Gasteiger partial charge in [-0.25, -0.2) is 0 Å².